The molecule has 2 heterocycles. The van der Waals surface area contributed by atoms with Crippen LogP contribution in [0.5, 0.6) is 5.75 Å². The lowest BCUT2D eigenvalue weighted by Crippen LogP contribution is -2.57. The van der Waals surface area contributed by atoms with Gasteiger partial charge in [0.2, 0.25) is 0 Å². The van der Waals surface area contributed by atoms with Gasteiger partial charge < -0.3 is 23.7 Å². The van der Waals surface area contributed by atoms with Gasteiger partial charge in [-0.05, 0) is 37.3 Å². The fraction of sp³-hybridized carbons (Fsp3) is 0.393. The lowest BCUT2D eigenvalue weighted by atomic mass is 9.96. The summed E-state index contributed by atoms with van der Waals surface area (Å²) in [5.74, 6) is -6.14. The summed E-state index contributed by atoms with van der Waals surface area (Å²) in [6.45, 7) is 5.33. The Bertz CT molecular complexity index is 1520. The van der Waals surface area contributed by atoms with E-state index in [1.807, 2.05) is 6.92 Å². The number of esters is 3. The van der Waals surface area contributed by atoms with Gasteiger partial charge in [0.15, 0.2) is 29.7 Å². The summed E-state index contributed by atoms with van der Waals surface area (Å²) in [6.07, 6.45) is -2.38. The monoisotopic (exact) mass is 657 g/mol. The molecule has 3 aromatic rings. The van der Waals surface area contributed by atoms with Crippen molar-refractivity contribution in [1.82, 2.24) is 15.0 Å². The molecular formula is C28H27ClF3N3O8S. The Morgan fingerprint density at radius 1 is 1.00 bits per heavy atom. The van der Waals surface area contributed by atoms with E-state index in [1.54, 1.807) is 18.2 Å². The van der Waals surface area contributed by atoms with Gasteiger partial charge in [0, 0.05) is 31.2 Å². The van der Waals surface area contributed by atoms with Crippen molar-refractivity contribution in [3.8, 4) is 17.0 Å². The van der Waals surface area contributed by atoms with Crippen LogP contribution in [-0.2, 0) is 33.3 Å². The van der Waals surface area contributed by atoms with Crippen molar-refractivity contribution in [2.45, 2.75) is 62.4 Å². The van der Waals surface area contributed by atoms with Gasteiger partial charge in [-0.25, -0.2) is 17.9 Å². The number of benzene rings is 2. The van der Waals surface area contributed by atoms with Crippen molar-refractivity contribution < 1.29 is 51.2 Å². The highest BCUT2D eigenvalue weighted by atomic mass is 35.5. The topological polar surface area (TPSA) is 128 Å². The number of rotatable bonds is 10. The average Bonchev–Trinajstić information content (AvgIpc) is 3.43. The van der Waals surface area contributed by atoms with Crippen molar-refractivity contribution in [3.05, 3.63) is 59.0 Å². The van der Waals surface area contributed by atoms with E-state index >= 15 is 0 Å². The second kappa shape index (κ2) is 14.3. The van der Waals surface area contributed by atoms with E-state index in [9.17, 15) is 27.6 Å². The van der Waals surface area contributed by atoms with Crippen LogP contribution >= 0.6 is 23.4 Å². The molecule has 0 amide bonds. The summed E-state index contributed by atoms with van der Waals surface area (Å²) < 4.78 is 70.9. The molecule has 0 unspecified atom stereocenters. The van der Waals surface area contributed by atoms with Gasteiger partial charge in [-0.3, -0.25) is 14.4 Å². The molecule has 16 heteroatoms. The third-order valence-corrected chi connectivity index (χ3v) is 7.87. The molecule has 0 bridgehead atoms. The number of halogens is 4. The van der Waals surface area contributed by atoms with E-state index in [2.05, 4.69) is 10.3 Å². The van der Waals surface area contributed by atoms with Crippen LogP contribution in [0.1, 0.15) is 33.7 Å². The van der Waals surface area contributed by atoms with Crippen molar-refractivity contribution in [2.24, 2.45) is 0 Å². The lowest BCUT2D eigenvalue weighted by Gasteiger charge is -2.44. The molecule has 236 valence electrons. The Labute approximate surface area is 258 Å². The van der Waals surface area contributed by atoms with Gasteiger partial charge in [-0.15, -0.1) is 5.10 Å². The molecule has 1 aromatic heterocycles. The van der Waals surface area contributed by atoms with Crippen molar-refractivity contribution >= 4 is 41.3 Å². The molecule has 1 fully saturated rings. The van der Waals surface area contributed by atoms with Crippen LogP contribution in [0.25, 0.3) is 11.3 Å². The third-order valence-electron chi connectivity index (χ3n) is 6.22. The molecule has 0 spiro atoms. The molecule has 0 N–H and O–H groups in total. The fourth-order valence-electron chi connectivity index (χ4n) is 4.50. The van der Waals surface area contributed by atoms with E-state index < -0.39 is 65.1 Å². The molecule has 1 aliphatic rings. The Morgan fingerprint density at radius 2 is 1.66 bits per heavy atom. The molecule has 5 atom stereocenters. The summed E-state index contributed by atoms with van der Waals surface area (Å²) in [5, 5.41) is 8.32. The SMILES string of the molecule is CCOc1ccc(S[C@H]2O[C@H](COC(C)=O)[C@H](OC(C)=O)[C@H](n3cc(-c4cc(F)c(F)c(F)c4)nn3)[C@H]2OC(C)=O)c(Cl)c1. The Kier molecular flexibility index (Phi) is 10.8. The van der Waals surface area contributed by atoms with Crippen molar-refractivity contribution in [1.29, 1.82) is 0 Å². The minimum absolute atomic E-state index is 0.0762. The first kappa shape index (κ1) is 33.1. The molecule has 1 saturated heterocycles. The predicted molar refractivity (Wildman–Crippen MR) is 149 cm³/mol. The molecule has 44 heavy (non-hydrogen) atoms. The summed E-state index contributed by atoms with van der Waals surface area (Å²) >= 11 is 7.58. The van der Waals surface area contributed by atoms with Gasteiger partial charge in [0.1, 0.15) is 35.6 Å². The normalized spacial score (nSPS) is 21.4. The van der Waals surface area contributed by atoms with Crippen LogP contribution in [0.15, 0.2) is 41.4 Å². The maximum Gasteiger partial charge on any atom is 0.303 e. The zero-order valence-electron chi connectivity index (χ0n) is 23.8. The van der Waals surface area contributed by atoms with Gasteiger partial charge >= 0.3 is 17.9 Å². The fourth-order valence-corrected chi connectivity index (χ4v) is 5.92. The second-order valence-electron chi connectivity index (χ2n) is 9.46. The number of carbonyl (C=O) groups excluding carboxylic acids is 3. The maximum atomic E-state index is 14.0. The average molecular weight is 658 g/mol. The van der Waals surface area contributed by atoms with Crippen molar-refractivity contribution in [2.75, 3.05) is 13.2 Å². The van der Waals surface area contributed by atoms with E-state index in [-0.39, 0.29) is 17.9 Å². The highest BCUT2D eigenvalue weighted by Crippen LogP contribution is 2.43. The zero-order chi connectivity index (χ0) is 32.1. The summed E-state index contributed by atoms with van der Waals surface area (Å²) in [5.41, 5.74) is -1.27. The highest BCUT2D eigenvalue weighted by Gasteiger charge is 2.52. The third kappa shape index (κ3) is 7.81. The standard InChI is InChI=1S/C28H27ClF3N3O8S/c1-5-39-17-6-7-23(18(29)10-17)44-28-27(42-15(4)38)25(26(41-14(3)37)22(43-28)12-40-13(2)36)35-11-21(33-34-35)16-8-19(30)24(32)20(31)9-16/h6-11,22,25-28H,5,12H2,1-4H3/t22-,25+,26+,27-,28-/m1/s1. The number of hydrogen-bond donors (Lipinski definition) is 0. The lowest BCUT2D eigenvalue weighted by molar-refractivity contribution is -0.212. The molecule has 0 saturated carbocycles. The quantitative estimate of drug-likeness (QED) is 0.168. The smallest absolute Gasteiger partial charge is 0.303 e. The van der Waals surface area contributed by atoms with Crippen LogP contribution in [0.4, 0.5) is 13.2 Å². The van der Waals surface area contributed by atoms with E-state index in [1.165, 1.54) is 17.8 Å². The van der Waals surface area contributed by atoms with Crippen LogP contribution in [-0.4, -0.2) is 69.9 Å². The first-order chi connectivity index (χ1) is 20.9. The number of ether oxygens (including phenoxy) is 5. The first-order valence-electron chi connectivity index (χ1n) is 13.2. The zero-order valence-corrected chi connectivity index (χ0v) is 25.4. The Morgan fingerprint density at radius 3 is 2.25 bits per heavy atom. The van der Waals surface area contributed by atoms with E-state index in [0.717, 1.165) is 37.7 Å². The van der Waals surface area contributed by atoms with Gasteiger partial charge in [0.25, 0.3) is 0 Å². The number of nitrogens with zero attached hydrogens (tertiary/aromatic N) is 3. The summed E-state index contributed by atoms with van der Waals surface area (Å²) in [6, 6.07) is 5.25. The van der Waals surface area contributed by atoms with Crippen LogP contribution in [0.3, 0.4) is 0 Å². The Balaban J connectivity index is 1.81. The molecule has 1 aliphatic heterocycles. The molecule has 11 nitrogen and oxygen atoms in total. The molecule has 2 aromatic carbocycles. The van der Waals surface area contributed by atoms with Gasteiger partial charge in [-0.1, -0.05) is 28.6 Å². The van der Waals surface area contributed by atoms with Crippen LogP contribution < -0.4 is 4.74 Å². The number of thioether (sulfide) groups is 1. The minimum Gasteiger partial charge on any atom is -0.494 e. The molecule has 0 radical (unpaired) electrons. The Hall–Kier alpha value is -3.82. The van der Waals surface area contributed by atoms with Crippen LogP contribution in [0, 0.1) is 17.5 Å². The summed E-state index contributed by atoms with van der Waals surface area (Å²) in [4.78, 5) is 36.8. The highest BCUT2D eigenvalue weighted by molar-refractivity contribution is 8.00. The van der Waals surface area contributed by atoms with Crippen LogP contribution in [0.2, 0.25) is 5.02 Å². The van der Waals surface area contributed by atoms with Gasteiger partial charge in [0.05, 0.1) is 17.8 Å². The van der Waals surface area contributed by atoms with E-state index in [4.69, 9.17) is 35.3 Å². The molecule has 4 rings (SSSR count). The number of aromatic nitrogens is 3. The predicted octanol–water partition coefficient (Wildman–Crippen LogP) is 4.90. The second-order valence-corrected chi connectivity index (χ2v) is 11.0. The van der Waals surface area contributed by atoms with Gasteiger partial charge in [-0.2, -0.15) is 0 Å². The largest absolute Gasteiger partial charge is 0.494 e. The number of carbonyl (C=O) groups is 3. The number of hydrogen-bond acceptors (Lipinski definition) is 11. The van der Waals surface area contributed by atoms with Crippen molar-refractivity contribution in [3.63, 3.8) is 0 Å². The maximum absolute atomic E-state index is 14.0. The minimum atomic E-state index is -1.66. The van der Waals surface area contributed by atoms with E-state index in [0.29, 0.717) is 22.3 Å². The molecule has 0 aliphatic carbocycles. The molecular weight excluding hydrogens is 631 g/mol. The summed E-state index contributed by atoms with van der Waals surface area (Å²) in [7, 11) is 0. The first-order valence-corrected chi connectivity index (χ1v) is 14.4.